The van der Waals surface area contributed by atoms with Crippen LogP contribution >= 0.6 is 11.6 Å². The van der Waals surface area contributed by atoms with E-state index < -0.39 is 16.0 Å². The minimum absolute atomic E-state index is 0.0477. The number of sulfonamides is 1. The number of aromatic carboxylic acids is 1. The van der Waals surface area contributed by atoms with Crippen LogP contribution in [0.15, 0.2) is 47.4 Å². The highest BCUT2D eigenvalue weighted by atomic mass is 35.5. The summed E-state index contributed by atoms with van der Waals surface area (Å²) in [6.45, 7) is 0. The van der Waals surface area contributed by atoms with E-state index in [1.54, 1.807) is 0 Å². The second-order valence-electron chi connectivity index (χ2n) is 4.28. The Balaban J connectivity index is 2.45. The Hall–Kier alpha value is -2.25. The highest BCUT2D eigenvalue weighted by molar-refractivity contribution is 7.92. The highest BCUT2D eigenvalue weighted by Gasteiger charge is 2.21. The summed E-state index contributed by atoms with van der Waals surface area (Å²) in [4.78, 5) is 10.7. The fourth-order valence-electron chi connectivity index (χ4n) is 1.75. The van der Waals surface area contributed by atoms with E-state index in [0.717, 1.165) is 6.07 Å². The second kappa shape index (κ2) is 6.25. The molecule has 0 unspecified atom stereocenters. The van der Waals surface area contributed by atoms with Gasteiger partial charge in [-0.05, 0) is 42.5 Å². The Morgan fingerprint density at radius 1 is 1.18 bits per heavy atom. The first-order chi connectivity index (χ1) is 10.3. The molecule has 0 saturated carbocycles. The molecule has 0 spiro atoms. The number of carbonyl (C=O) groups is 1. The quantitative estimate of drug-likeness (QED) is 0.872. The van der Waals surface area contributed by atoms with Crippen LogP contribution in [0.4, 0.5) is 5.69 Å². The first-order valence-electron chi connectivity index (χ1n) is 6.03. The molecule has 0 atom stereocenters. The van der Waals surface area contributed by atoms with Crippen LogP contribution in [0.25, 0.3) is 0 Å². The fourth-order valence-corrected chi connectivity index (χ4v) is 3.13. The zero-order chi connectivity index (χ0) is 16.3. The van der Waals surface area contributed by atoms with Crippen molar-refractivity contribution in [3.8, 4) is 5.75 Å². The van der Waals surface area contributed by atoms with Crippen LogP contribution in [-0.4, -0.2) is 26.6 Å². The number of rotatable bonds is 5. The monoisotopic (exact) mass is 341 g/mol. The van der Waals surface area contributed by atoms with Crippen molar-refractivity contribution in [3.63, 3.8) is 0 Å². The molecule has 116 valence electrons. The average molecular weight is 342 g/mol. The number of carboxylic acid groups (broad SMARTS) is 1. The maximum atomic E-state index is 12.4. The van der Waals surface area contributed by atoms with Crippen LogP contribution in [0.2, 0.25) is 5.02 Å². The fraction of sp³-hybridized carbons (Fsp3) is 0.0714. The Morgan fingerprint density at radius 3 is 2.36 bits per heavy atom. The molecule has 2 rings (SSSR count). The van der Waals surface area contributed by atoms with Gasteiger partial charge in [0.1, 0.15) is 10.6 Å². The minimum Gasteiger partial charge on any atom is -0.495 e. The van der Waals surface area contributed by atoms with Gasteiger partial charge >= 0.3 is 5.97 Å². The maximum Gasteiger partial charge on any atom is 0.335 e. The second-order valence-corrected chi connectivity index (χ2v) is 6.37. The van der Waals surface area contributed by atoms with Gasteiger partial charge in [-0.25, -0.2) is 13.2 Å². The number of hydrogen-bond acceptors (Lipinski definition) is 4. The normalized spacial score (nSPS) is 11.0. The summed E-state index contributed by atoms with van der Waals surface area (Å²) < 4.78 is 32.2. The molecule has 2 N–H and O–H groups in total. The van der Waals surface area contributed by atoms with Crippen molar-refractivity contribution >= 4 is 33.3 Å². The summed E-state index contributed by atoms with van der Waals surface area (Å²) in [6, 6.07) is 9.65. The predicted molar refractivity (Wildman–Crippen MR) is 82.2 cm³/mol. The molecule has 8 heteroatoms. The van der Waals surface area contributed by atoms with Gasteiger partial charge in [0.25, 0.3) is 10.0 Å². The van der Waals surface area contributed by atoms with Gasteiger partial charge in [-0.3, -0.25) is 4.72 Å². The number of nitrogens with one attached hydrogen (secondary N) is 1. The SMILES string of the molecule is COc1ccc(C(=O)O)cc1S(=O)(=O)Nc1ccc(Cl)cc1. The van der Waals surface area contributed by atoms with Crippen molar-refractivity contribution in [1.29, 1.82) is 0 Å². The molecular weight excluding hydrogens is 330 g/mol. The third-order valence-corrected chi connectivity index (χ3v) is 4.45. The maximum absolute atomic E-state index is 12.4. The summed E-state index contributed by atoms with van der Waals surface area (Å²) in [5, 5.41) is 9.45. The smallest absolute Gasteiger partial charge is 0.335 e. The largest absolute Gasteiger partial charge is 0.495 e. The van der Waals surface area contributed by atoms with Crippen molar-refractivity contribution in [2.24, 2.45) is 0 Å². The lowest BCUT2D eigenvalue weighted by Crippen LogP contribution is -2.15. The van der Waals surface area contributed by atoms with Gasteiger partial charge in [-0.15, -0.1) is 0 Å². The molecule has 0 fully saturated rings. The van der Waals surface area contributed by atoms with E-state index in [0.29, 0.717) is 10.7 Å². The standard InChI is InChI=1S/C14H12ClNO5S/c1-21-12-7-2-9(14(17)18)8-13(12)22(19,20)16-11-5-3-10(15)4-6-11/h2-8,16H,1H3,(H,17,18). The van der Waals surface area contributed by atoms with Crippen LogP contribution < -0.4 is 9.46 Å². The van der Waals surface area contributed by atoms with Crippen molar-refractivity contribution in [1.82, 2.24) is 0 Å². The van der Waals surface area contributed by atoms with Gasteiger partial charge in [0, 0.05) is 10.7 Å². The number of carboxylic acids is 1. The first-order valence-corrected chi connectivity index (χ1v) is 7.89. The van der Waals surface area contributed by atoms with Crippen molar-refractivity contribution in [2.75, 3.05) is 11.8 Å². The third kappa shape index (κ3) is 3.49. The molecule has 0 bridgehead atoms. The predicted octanol–water partition coefficient (Wildman–Crippen LogP) is 2.85. The van der Waals surface area contributed by atoms with Gasteiger partial charge in [-0.1, -0.05) is 11.6 Å². The minimum atomic E-state index is -4.01. The lowest BCUT2D eigenvalue weighted by atomic mass is 10.2. The Kier molecular flexibility index (Phi) is 4.58. The van der Waals surface area contributed by atoms with E-state index in [2.05, 4.69) is 4.72 Å². The van der Waals surface area contributed by atoms with Gasteiger partial charge < -0.3 is 9.84 Å². The summed E-state index contributed by atoms with van der Waals surface area (Å²) in [7, 11) is -2.70. The lowest BCUT2D eigenvalue weighted by molar-refractivity contribution is 0.0696. The van der Waals surface area contributed by atoms with Gasteiger partial charge in [0.15, 0.2) is 0 Å². The summed E-state index contributed by atoms with van der Waals surface area (Å²) in [6.07, 6.45) is 0. The van der Waals surface area contributed by atoms with Crippen LogP contribution in [0, 0.1) is 0 Å². The number of ether oxygens (including phenoxy) is 1. The number of halogens is 1. The molecule has 22 heavy (non-hydrogen) atoms. The number of methoxy groups -OCH3 is 1. The molecule has 0 aliphatic carbocycles. The van der Waals surface area contributed by atoms with Gasteiger partial charge in [0.2, 0.25) is 0 Å². The topological polar surface area (TPSA) is 92.7 Å². The molecule has 0 aliphatic heterocycles. The third-order valence-electron chi connectivity index (χ3n) is 2.80. The zero-order valence-corrected chi connectivity index (χ0v) is 13.0. The van der Waals surface area contributed by atoms with Crippen LogP contribution in [0.1, 0.15) is 10.4 Å². The molecule has 2 aromatic rings. The van der Waals surface area contributed by atoms with Crippen molar-refractivity contribution < 1.29 is 23.1 Å². The van der Waals surface area contributed by atoms with Crippen LogP contribution in [0.5, 0.6) is 5.75 Å². The number of hydrogen-bond donors (Lipinski definition) is 2. The van der Waals surface area contributed by atoms with E-state index in [1.807, 2.05) is 0 Å². The van der Waals surface area contributed by atoms with Crippen molar-refractivity contribution in [3.05, 3.63) is 53.1 Å². The molecule has 0 saturated heterocycles. The highest BCUT2D eigenvalue weighted by Crippen LogP contribution is 2.27. The first kappa shape index (κ1) is 16.1. The average Bonchev–Trinajstić information content (AvgIpc) is 2.48. The Bertz CT molecular complexity index is 802. The van der Waals surface area contributed by atoms with E-state index in [9.17, 15) is 13.2 Å². The Morgan fingerprint density at radius 2 is 1.82 bits per heavy atom. The summed E-state index contributed by atoms with van der Waals surface area (Å²) in [5.41, 5.74) is 0.143. The lowest BCUT2D eigenvalue weighted by Gasteiger charge is -2.12. The molecule has 0 aliphatic rings. The van der Waals surface area contributed by atoms with E-state index >= 15 is 0 Å². The van der Waals surface area contributed by atoms with Crippen LogP contribution in [-0.2, 0) is 10.0 Å². The van der Waals surface area contributed by atoms with E-state index in [-0.39, 0.29) is 16.2 Å². The molecule has 0 radical (unpaired) electrons. The summed E-state index contributed by atoms with van der Waals surface area (Å²) >= 11 is 5.74. The van der Waals surface area contributed by atoms with Gasteiger partial charge in [0.05, 0.1) is 12.7 Å². The van der Waals surface area contributed by atoms with Gasteiger partial charge in [-0.2, -0.15) is 0 Å². The molecule has 0 amide bonds. The molecule has 6 nitrogen and oxygen atoms in total. The molecule has 0 aromatic heterocycles. The summed E-state index contributed by atoms with van der Waals surface area (Å²) in [5.74, 6) is -1.18. The number of benzene rings is 2. The molecule has 2 aromatic carbocycles. The van der Waals surface area contributed by atoms with E-state index in [4.69, 9.17) is 21.4 Å². The number of anilines is 1. The zero-order valence-electron chi connectivity index (χ0n) is 11.4. The molecular formula is C14H12ClNO5S. The molecule has 0 heterocycles. The van der Waals surface area contributed by atoms with Crippen molar-refractivity contribution in [2.45, 2.75) is 4.90 Å². The Labute approximate surface area is 132 Å². The van der Waals surface area contributed by atoms with Crippen LogP contribution in [0.3, 0.4) is 0 Å². The van der Waals surface area contributed by atoms with E-state index in [1.165, 1.54) is 43.5 Å².